The summed E-state index contributed by atoms with van der Waals surface area (Å²) >= 11 is 0. The van der Waals surface area contributed by atoms with Gasteiger partial charge < -0.3 is 33.5 Å². The number of carbonyl (C=O) groups excluding carboxylic acids is 5. The number of rotatable bonds is 46. The quantitative estimate of drug-likeness (QED) is 0.0265. The van der Waals surface area contributed by atoms with Crippen molar-refractivity contribution in [1.29, 1.82) is 0 Å². The van der Waals surface area contributed by atoms with Crippen LogP contribution in [0.5, 0.6) is 0 Å². The summed E-state index contributed by atoms with van der Waals surface area (Å²) in [6, 6.07) is 0.453. The molecule has 0 aromatic carbocycles. The molecule has 1 fully saturated rings. The maximum atomic E-state index is 12.8. The van der Waals surface area contributed by atoms with Crippen LogP contribution in [-0.2, 0) is 47.6 Å². The number of unbranched alkanes of at least 4 members (excludes halogenated alkanes) is 16. The lowest BCUT2D eigenvalue weighted by molar-refractivity contribution is -0.152. The van der Waals surface area contributed by atoms with Crippen molar-refractivity contribution < 1.29 is 57.5 Å². The predicted octanol–water partition coefficient (Wildman–Crippen LogP) is 12.1. The maximum Gasteiger partial charge on any atom is 0.508 e. The summed E-state index contributed by atoms with van der Waals surface area (Å²) in [5.74, 6) is -2.36. The molecule has 1 saturated carbocycles. The third-order valence-corrected chi connectivity index (χ3v) is 12.2. The monoisotopic (exact) mass is 950 g/mol. The Hall–Kier alpha value is -3.45. The van der Waals surface area contributed by atoms with E-state index >= 15 is 0 Å². The Bertz CT molecular complexity index is 1270. The van der Waals surface area contributed by atoms with Crippen molar-refractivity contribution in [3.05, 3.63) is 24.3 Å². The first-order valence-corrected chi connectivity index (χ1v) is 26.8. The van der Waals surface area contributed by atoms with Crippen molar-refractivity contribution in [2.45, 2.75) is 219 Å². The summed E-state index contributed by atoms with van der Waals surface area (Å²) in [5, 5.41) is 9.47. The fourth-order valence-electron chi connectivity index (χ4n) is 7.64. The van der Waals surface area contributed by atoms with Gasteiger partial charge in [-0.3, -0.25) is 24.1 Å². The van der Waals surface area contributed by atoms with Crippen LogP contribution in [-0.4, -0.2) is 105 Å². The summed E-state index contributed by atoms with van der Waals surface area (Å²) in [4.78, 5) is 65.4. The first-order valence-electron chi connectivity index (χ1n) is 26.8. The summed E-state index contributed by atoms with van der Waals surface area (Å²) in [6.07, 6.45) is 35.4. The molecule has 0 aromatic heterocycles. The number of aliphatic hydroxyl groups excluding tert-OH is 1. The lowest BCUT2D eigenvalue weighted by Gasteiger charge is -2.37. The number of esters is 4. The Morgan fingerprint density at radius 3 is 1.39 bits per heavy atom. The highest BCUT2D eigenvalue weighted by Crippen LogP contribution is 2.25. The second kappa shape index (κ2) is 45.0. The van der Waals surface area contributed by atoms with Crippen LogP contribution in [0, 0.1) is 11.8 Å². The molecule has 1 rings (SSSR count). The highest BCUT2D eigenvalue weighted by molar-refractivity contribution is 5.70. The third kappa shape index (κ3) is 38.1. The van der Waals surface area contributed by atoms with Gasteiger partial charge in [-0.05, 0) is 83.6 Å². The molecule has 0 radical (unpaired) electrons. The first kappa shape index (κ1) is 61.6. The van der Waals surface area contributed by atoms with Gasteiger partial charge in [-0.2, -0.15) is 0 Å². The average Bonchev–Trinajstić information content (AvgIpc) is 3.30. The minimum atomic E-state index is -0.945. The van der Waals surface area contributed by atoms with Crippen molar-refractivity contribution in [2.75, 3.05) is 59.3 Å². The van der Waals surface area contributed by atoms with Crippen molar-refractivity contribution in [2.24, 2.45) is 11.8 Å². The Morgan fingerprint density at radius 1 is 0.493 bits per heavy atom. The van der Waals surface area contributed by atoms with E-state index < -0.39 is 18.0 Å². The van der Waals surface area contributed by atoms with Gasteiger partial charge in [-0.15, -0.1) is 0 Å². The molecule has 0 spiro atoms. The van der Waals surface area contributed by atoms with Crippen LogP contribution in [0.3, 0.4) is 0 Å². The molecule has 13 heteroatoms. The average molecular weight is 950 g/mol. The molecule has 1 aliphatic carbocycles. The van der Waals surface area contributed by atoms with Gasteiger partial charge >= 0.3 is 30.0 Å². The van der Waals surface area contributed by atoms with E-state index in [9.17, 15) is 29.1 Å². The molecule has 13 nitrogen and oxygen atoms in total. The Labute approximate surface area is 406 Å². The fourth-order valence-corrected chi connectivity index (χ4v) is 7.64. The zero-order chi connectivity index (χ0) is 48.8. The largest absolute Gasteiger partial charge is 0.508 e. The molecule has 0 aliphatic heterocycles. The van der Waals surface area contributed by atoms with Gasteiger partial charge in [-0.1, -0.05) is 135 Å². The van der Waals surface area contributed by atoms with Gasteiger partial charge in [0.2, 0.25) is 0 Å². The van der Waals surface area contributed by atoms with Crippen LogP contribution in [0.2, 0.25) is 0 Å². The summed E-state index contributed by atoms with van der Waals surface area (Å²) in [6.45, 7) is 7.43. The molecule has 1 atom stereocenters. The number of nitrogens with zero attached hydrogens (tertiary/aromatic N) is 1. The van der Waals surface area contributed by atoms with E-state index in [1.165, 1.54) is 25.7 Å². The van der Waals surface area contributed by atoms with Crippen molar-refractivity contribution in [1.82, 2.24) is 4.90 Å². The van der Waals surface area contributed by atoms with E-state index in [1.54, 1.807) is 0 Å². The topological polar surface area (TPSA) is 164 Å². The van der Waals surface area contributed by atoms with Gasteiger partial charge in [0, 0.05) is 44.2 Å². The molecule has 1 aliphatic rings. The molecule has 0 aromatic rings. The van der Waals surface area contributed by atoms with Crippen molar-refractivity contribution in [3.8, 4) is 0 Å². The van der Waals surface area contributed by atoms with Crippen molar-refractivity contribution in [3.63, 3.8) is 0 Å². The van der Waals surface area contributed by atoms with Crippen LogP contribution < -0.4 is 0 Å². The van der Waals surface area contributed by atoms with E-state index in [1.807, 2.05) is 0 Å². The van der Waals surface area contributed by atoms with E-state index in [-0.39, 0.29) is 89.3 Å². The van der Waals surface area contributed by atoms with Crippen molar-refractivity contribution >= 4 is 30.0 Å². The molecule has 0 amide bonds. The van der Waals surface area contributed by atoms with Crippen LogP contribution in [0.25, 0.3) is 0 Å². The lowest BCUT2D eigenvalue weighted by Crippen LogP contribution is -2.42. The summed E-state index contributed by atoms with van der Waals surface area (Å²) in [7, 11) is 0. The van der Waals surface area contributed by atoms with E-state index in [4.69, 9.17) is 28.4 Å². The van der Waals surface area contributed by atoms with Crippen LogP contribution >= 0.6 is 0 Å². The SMILES string of the molecule is CCCCC/C=C\C/C=C\CCCCCCCC(=O)OCC(COC(=O)CCCN(CCO)C1CCC1)COC(=O)OCCC(COC(=O)CCCCCCC)COC(=O)CCCCCCC. The minimum absolute atomic E-state index is 0.0318. The standard InChI is InChI=1S/C54H95NO12/c1-4-7-10-13-14-15-16-17-18-19-20-21-22-25-28-35-52(59)65-44-48(45-66-53(60)36-30-38-55(39-40-56)49-31-29-32-49)46-67-54(61)62-41-37-47(42-63-50(57)33-26-23-11-8-5-2)43-64-51(58)34-27-24-12-9-6-3/h14-15,17-18,47-49,56H,4-13,16,19-46H2,1-3H3/b15-14-,18-17-. The van der Waals surface area contributed by atoms with Gasteiger partial charge in [0.05, 0.1) is 32.3 Å². The first-order chi connectivity index (χ1) is 32.7. The Kier molecular flexibility index (Phi) is 41.4. The predicted molar refractivity (Wildman–Crippen MR) is 264 cm³/mol. The Balaban J connectivity index is 2.63. The number of aliphatic hydroxyl groups is 1. The summed E-state index contributed by atoms with van der Waals surface area (Å²) in [5.41, 5.74) is 0. The van der Waals surface area contributed by atoms with Crippen LogP contribution in [0.1, 0.15) is 213 Å². The molecule has 67 heavy (non-hydrogen) atoms. The van der Waals surface area contributed by atoms with Gasteiger partial charge in [0.25, 0.3) is 0 Å². The van der Waals surface area contributed by atoms with Gasteiger partial charge in [0.15, 0.2) is 0 Å². The van der Waals surface area contributed by atoms with Gasteiger partial charge in [0.1, 0.15) is 19.8 Å². The normalized spacial score (nSPS) is 13.3. The third-order valence-electron chi connectivity index (χ3n) is 12.2. The molecule has 0 bridgehead atoms. The maximum absolute atomic E-state index is 12.8. The highest BCUT2D eigenvalue weighted by Gasteiger charge is 2.25. The summed E-state index contributed by atoms with van der Waals surface area (Å²) < 4.78 is 33.0. The molecule has 1 N–H and O–H groups in total. The number of hydrogen-bond acceptors (Lipinski definition) is 13. The van der Waals surface area contributed by atoms with E-state index in [0.29, 0.717) is 44.8 Å². The van der Waals surface area contributed by atoms with Crippen LogP contribution in [0.4, 0.5) is 4.79 Å². The zero-order valence-electron chi connectivity index (χ0n) is 42.5. The molecule has 0 saturated heterocycles. The van der Waals surface area contributed by atoms with Crippen LogP contribution in [0.15, 0.2) is 24.3 Å². The Morgan fingerprint density at radius 2 is 0.910 bits per heavy atom. The zero-order valence-corrected chi connectivity index (χ0v) is 42.5. The second-order valence-electron chi connectivity index (χ2n) is 18.4. The smallest absolute Gasteiger partial charge is 0.465 e. The van der Waals surface area contributed by atoms with E-state index in [2.05, 4.69) is 50.0 Å². The number of carbonyl (C=O) groups is 5. The number of ether oxygens (including phenoxy) is 6. The number of allylic oxidation sites excluding steroid dienone is 4. The molecule has 0 heterocycles. The fraction of sp³-hybridized carbons (Fsp3) is 0.833. The molecular weight excluding hydrogens is 855 g/mol. The molecule has 388 valence electrons. The number of hydrogen-bond donors (Lipinski definition) is 1. The minimum Gasteiger partial charge on any atom is -0.465 e. The second-order valence-corrected chi connectivity index (χ2v) is 18.4. The van der Waals surface area contributed by atoms with Gasteiger partial charge in [-0.25, -0.2) is 4.79 Å². The lowest BCUT2D eigenvalue weighted by atomic mass is 9.91. The molecular formula is C54H95NO12. The van der Waals surface area contributed by atoms with E-state index in [0.717, 1.165) is 122 Å². The molecule has 1 unspecified atom stereocenters. The highest BCUT2D eigenvalue weighted by atomic mass is 16.7.